The van der Waals surface area contributed by atoms with Crippen LogP contribution in [0.2, 0.25) is 0 Å². The first-order valence-electron chi connectivity index (χ1n) is 11.7. The van der Waals surface area contributed by atoms with Crippen molar-refractivity contribution in [1.29, 1.82) is 0 Å². The second-order valence-corrected chi connectivity index (χ2v) is 13.9. The van der Waals surface area contributed by atoms with Crippen LogP contribution in [0.25, 0.3) is 0 Å². The average Bonchev–Trinajstić information content (AvgIpc) is 3.16. The van der Waals surface area contributed by atoms with Gasteiger partial charge >= 0.3 is 0 Å². The molecule has 0 aromatic heterocycles. The van der Waals surface area contributed by atoms with Gasteiger partial charge in [0, 0.05) is 11.8 Å². The molecule has 5 rings (SSSR count). The lowest BCUT2D eigenvalue weighted by molar-refractivity contribution is -0.128. The first kappa shape index (κ1) is 25.7. The molecular formula is C28H30FO4PS. The standard InChI is InChI=1S/C18H14FP.C10H16O4S/c19-15-11-13-18(14-12-15)20(16-7-3-1-4-8-16)17-9-5-2-6-10-17;1-9(2)7-3-4-10(9,8(11)5-7)6-15(12,13)14/h1-14H;7H,3-6H2,1-2H3,(H,12,13,14). The fraction of sp³-hybridized carbons (Fsp3) is 0.321. The number of carbonyl (C=O) groups excluding carboxylic acids is 1. The normalized spacial score (nSPS) is 22.7. The van der Waals surface area contributed by atoms with Gasteiger partial charge in [0.2, 0.25) is 0 Å². The predicted molar refractivity (Wildman–Crippen MR) is 140 cm³/mol. The molecule has 0 radical (unpaired) electrons. The van der Waals surface area contributed by atoms with E-state index < -0.39 is 29.2 Å². The Balaban J connectivity index is 0.000000172. The maximum absolute atomic E-state index is 13.2. The molecule has 3 aromatic carbocycles. The molecule has 2 bridgehead atoms. The van der Waals surface area contributed by atoms with Crippen molar-refractivity contribution < 1.29 is 22.2 Å². The Labute approximate surface area is 208 Å². The van der Waals surface area contributed by atoms with E-state index in [9.17, 15) is 22.2 Å². The number of hydrogen-bond acceptors (Lipinski definition) is 4. The van der Waals surface area contributed by atoms with Gasteiger partial charge in [0.1, 0.15) is 27.5 Å². The van der Waals surface area contributed by atoms with E-state index in [0.717, 1.165) is 6.42 Å². The van der Waals surface area contributed by atoms with Gasteiger partial charge in [-0.2, -0.15) is 0 Å². The molecule has 0 N–H and O–H groups in total. The van der Waals surface area contributed by atoms with E-state index in [1.54, 1.807) is 12.1 Å². The molecule has 7 heteroatoms. The minimum absolute atomic E-state index is 0.0248. The summed E-state index contributed by atoms with van der Waals surface area (Å²) in [6, 6.07) is 27.8. The van der Waals surface area contributed by atoms with Gasteiger partial charge in [-0.1, -0.05) is 50.2 Å². The Hall–Kier alpha value is -2.40. The van der Waals surface area contributed by atoms with Crippen molar-refractivity contribution in [3.05, 3.63) is 90.7 Å². The fourth-order valence-corrected chi connectivity index (χ4v) is 9.57. The molecule has 0 saturated heterocycles. The summed E-state index contributed by atoms with van der Waals surface area (Å²) in [4.78, 5) is 11.8. The van der Waals surface area contributed by atoms with Crippen LogP contribution in [0, 0.1) is 22.6 Å². The van der Waals surface area contributed by atoms with E-state index in [0.29, 0.717) is 12.8 Å². The second kappa shape index (κ2) is 9.93. The molecule has 2 fully saturated rings. The molecule has 0 heterocycles. The van der Waals surface area contributed by atoms with Gasteiger partial charge < -0.3 is 4.55 Å². The van der Waals surface area contributed by atoms with Gasteiger partial charge in [0.15, 0.2) is 0 Å². The van der Waals surface area contributed by atoms with E-state index in [1.165, 1.54) is 15.9 Å². The second-order valence-electron chi connectivity index (χ2n) is 9.98. The van der Waals surface area contributed by atoms with Crippen LogP contribution in [0.3, 0.4) is 0 Å². The van der Waals surface area contributed by atoms with Crippen LogP contribution < -0.4 is 15.9 Å². The molecule has 2 saturated carbocycles. The van der Waals surface area contributed by atoms with Gasteiger partial charge in [0.25, 0.3) is 0 Å². The van der Waals surface area contributed by atoms with E-state index in [1.807, 2.05) is 38.1 Å². The van der Waals surface area contributed by atoms with Crippen LogP contribution >= 0.6 is 7.92 Å². The van der Waals surface area contributed by atoms with E-state index in [-0.39, 0.29) is 22.9 Å². The topological polar surface area (TPSA) is 74.3 Å². The number of carbonyl (C=O) groups is 1. The van der Waals surface area contributed by atoms with E-state index >= 15 is 0 Å². The molecule has 4 nitrogen and oxygen atoms in total. The lowest BCUT2D eigenvalue weighted by atomic mass is 9.70. The van der Waals surface area contributed by atoms with Crippen molar-refractivity contribution in [3.63, 3.8) is 0 Å². The molecule has 0 amide bonds. The summed E-state index contributed by atoms with van der Waals surface area (Å²) < 4.78 is 45.9. The quantitative estimate of drug-likeness (QED) is 0.379. The Morgan fingerprint density at radius 2 is 1.37 bits per heavy atom. The minimum Gasteiger partial charge on any atom is -0.748 e. The van der Waals surface area contributed by atoms with Gasteiger partial charge in [-0.25, -0.2) is 12.8 Å². The van der Waals surface area contributed by atoms with Crippen LogP contribution in [0.15, 0.2) is 84.9 Å². The molecule has 2 aliphatic rings. The van der Waals surface area contributed by atoms with Crippen LogP contribution in [0.5, 0.6) is 0 Å². The first-order valence-corrected chi connectivity index (χ1v) is 14.8. The van der Waals surface area contributed by atoms with Crippen molar-refractivity contribution in [3.8, 4) is 0 Å². The highest BCUT2D eigenvalue weighted by Gasteiger charge is 2.64. The zero-order valence-corrected chi connectivity index (χ0v) is 21.7. The summed E-state index contributed by atoms with van der Waals surface area (Å²) in [5.74, 6) is -0.464. The molecule has 184 valence electrons. The van der Waals surface area contributed by atoms with E-state index in [4.69, 9.17) is 0 Å². The summed E-state index contributed by atoms with van der Waals surface area (Å²) >= 11 is 0. The lowest BCUT2D eigenvalue weighted by Gasteiger charge is -2.37. The van der Waals surface area contributed by atoms with Crippen molar-refractivity contribution in [2.45, 2.75) is 33.1 Å². The van der Waals surface area contributed by atoms with Gasteiger partial charge in [-0.15, -0.1) is 0 Å². The van der Waals surface area contributed by atoms with Crippen LogP contribution in [-0.2, 0) is 14.9 Å². The molecular weight excluding hydrogens is 482 g/mol. The summed E-state index contributed by atoms with van der Waals surface area (Å²) in [6.07, 6.45) is 1.88. The smallest absolute Gasteiger partial charge is 0.140 e. The third-order valence-corrected chi connectivity index (χ3v) is 11.4. The average molecular weight is 513 g/mol. The third-order valence-electron chi connectivity index (χ3n) is 7.82. The molecule has 2 aliphatic carbocycles. The largest absolute Gasteiger partial charge is 0.748 e. The Kier molecular flexibility index (Phi) is 7.28. The summed E-state index contributed by atoms with van der Waals surface area (Å²) in [5.41, 5.74) is -1.22. The number of hydrogen-bond donors (Lipinski definition) is 0. The molecule has 35 heavy (non-hydrogen) atoms. The molecule has 0 aliphatic heterocycles. The highest BCUT2D eigenvalue weighted by molar-refractivity contribution is 7.85. The van der Waals surface area contributed by atoms with E-state index in [2.05, 4.69) is 48.5 Å². The lowest BCUT2D eigenvalue weighted by Crippen LogP contribution is -2.42. The number of rotatable bonds is 5. The molecule has 0 spiro atoms. The molecule has 3 aromatic rings. The summed E-state index contributed by atoms with van der Waals surface area (Å²) in [7, 11) is -5.39. The van der Waals surface area contributed by atoms with Gasteiger partial charge in [0.05, 0.1) is 23.8 Å². The minimum atomic E-state index is -4.33. The predicted octanol–water partition coefficient (Wildman–Crippen LogP) is 4.24. The number of fused-ring (bicyclic) bond motifs is 2. The highest BCUT2D eigenvalue weighted by atomic mass is 32.2. The van der Waals surface area contributed by atoms with Gasteiger partial charge in [-0.05, 0) is 72.7 Å². The summed E-state index contributed by atoms with van der Waals surface area (Å²) in [6.45, 7) is 3.83. The monoisotopic (exact) mass is 512 g/mol. The first-order chi connectivity index (χ1) is 16.5. The zero-order valence-electron chi connectivity index (χ0n) is 19.9. The van der Waals surface area contributed by atoms with Crippen molar-refractivity contribution >= 4 is 39.7 Å². The summed E-state index contributed by atoms with van der Waals surface area (Å²) in [5, 5.41) is 3.83. The maximum Gasteiger partial charge on any atom is 0.140 e. The van der Waals surface area contributed by atoms with Crippen LogP contribution in [0.4, 0.5) is 4.39 Å². The Bertz CT molecular complexity index is 1240. The SMILES string of the molecule is CC1(C)C2CCC1(CS(=O)(=O)[O-])C(=O)C2.Fc1ccc([PH+](c2ccccc2)c2ccccc2)cc1. The Morgan fingerprint density at radius 3 is 1.77 bits per heavy atom. The molecule has 2 unspecified atom stereocenters. The maximum atomic E-state index is 13.2. The van der Waals surface area contributed by atoms with Crippen molar-refractivity contribution in [2.24, 2.45) is 16.7 Å². The number of halogens is 1. The Morgan fingerprint density at radius 1 is 0.886 bits per heavy atom. The number of ketones is 1. The van der Waals surface area contributed by atoms with Crippen LogP contribution in [0.1, 0.15) is 33.1 Å². The third kappa shape index (κ3) is 5.25. The van der Waals surface area contributed by atoms with Crippen LogP contribution in [-0.4, -0.2) is 24.5 Å². The number of benzene rings is 3. The highest BCUT2D eigenvalue weighted by Crippen LogP contribution is 2.64. The molecule has 2 atom stereocenters. The van der Waals surface area contributed by atoms with Crippen molar-refractivity contribution in [1.82, 2.24) is 0 Å². The zero-order chi connectivity index (χ0) is 25.3. The number of Topliss-reactive ketones (excluding diaryl/α,β-unsaturated/α-hetero) is 1. The van der Waals surface area contributed by atoms with Gasteiger partial charge in [-0.3, -0.25) is 4.79 Å². The van der Waals surface area contributed by atoms with Crippen molar-refractivity contribution in [2.75, 3.05) is 5.75 Å². The fourth-order valence-electron chi connectivity index (χ4n) is 5.74.